The van der Waals surface area contributed by atoms with E-state index in [-0.39, 0.29) is 11.9 Å². The van der Waals surface area contributed by atoms with Gasteiger partial charge in [-0.3, -0.25) is 4.79 Å². The molecule has 1 amide bonds. The fraction of sp³-hybridized carbons (Fsp3) is 0.208. The van der Waals surface area contributed by atoms with Crippen LogP contribution in [-0.4, -0.2) is 35.0 Å². The largest absolute Gasteiger partial charge is 0.363 e. The van der Waals surface area contributed by atoms with E-state index in [0.717, 1.165) is 28.0 Å². The molecule has 2 heterocycles. The molecule has 30 heavy (non-hydrogen) atoms. The Bertz CT molecular complexity index is 1170. The molecule has 1 atom stereocenters. The van der Waals surface area contributed by atoms with Crippen molar-refractivity contribution in [1.82, 2.24) is 20.3 Å². The normalized spacial score (nSPS) is 12.0. The third-order valence-corrected chi connectivity index (χ3v) is 5.10. The Hall–Kier alpha value is -3.67. The number of aromatic amines is 1. The molecule has 0 fully saturated rings. The molecule has 0 saturated heterocycles. The second-order valence-electron chi connectivity index (χ2n) is 7.55. The number of amides is 1. The zero-order valence-corrected chi connectivity index (χ0v) is 17.4. The van der Waals surface area contributed by atoms with Gasteiger partial charge in [0, 0.05) is 49.2 Å². The number of fused-ring (bicyclic) bond motifs is 1. The van der Waals surface area contributed by atoms with E-state index in [0.29, 0.717) is 17.8 Å². The van der Waals surface area contributed by atoms with Gasteiger partial charge in [0.05, 0.1) is 11.7 Å². The van der Waals surface area contributed by atoms with Gasteiger partial charge in [0.1, 0.15) is 11.6 Å². The molecule has 4 rings (SSSR count). The number of benzene rings is 2. The molecule has 0 unspecified atom stereocenters. The highest BCUT2D eigenvalue weighted by molar-refractivity contribution is 5.94. The smallest absolute Gasteiger partial charge is 0.251 e. The lowest BCUT2D eigenvalue weighted by atomic mass is 10.0. The number of H-pyrrole nitrogens is 1. The summed E-state index contributed by atoms with van der Waals surface area (Å²) in [6.45, 7) is 1.87. The lowest BCUT2D eigenvalue weighted by Gasteiger charge is -2.21. The quantitative estimate of drug-likeness (QED) is 0.513. The highest BCUT2D eigenvalue weighted by Gasteiger charge is 2.21. The van der Waals surface area contributed by atoms with Gasteiger partial charge in [-0.15, -0.1) is 0 Å². The number of para-hydroxylation sites is 1. The van der Waals surface area contributed by atoms with E-state index in [2.05, 4.69) is 32.4 Å². The first-order valence-electron chi connectivity index (χ1n) is 9.95. The molecule has 2 aromatic carbocycles. The molecule has 0 aliphatic carbocycles. The van der Waals surface area contributed by atoms with Crippen molar-refractivity contribution < 1.29 is 4.79 Å². The molecule has 152 valence electrons. The first kappa shape index (κ1) is 19.6. The lowest BCUT2D eigenvalue weighted by molar-refractivity contribution is 0.0935. The van der Waals surface area contributed by atoms with Gasteiger partial charge < -0.3 is 15.2 Å². The number of hydrogen-bond donors (Lipinski definition) is 2. The van der Waals surface area contributed by atoms with E-state index in [9.17, 15) is 4.79 Å². The molecule has 0 saturated carbocycles. The number of aromatic nitrogens is 3. The minimum absolute atomic E-state index is 0.122. The third-order valence-electron chi connectivity index (χ3n) is 5.10. The molecule has 0 spiro atoms. The molecule has 6 heteroatoms. The molecule has 6 nitrogen and oxygen atoms in total. The number of carbonyl (C=O) groups excluding carboxylic acids is 1. The Morgan fingerprint density at radius 2 is 1.80 bits per heavy atom. The average Bonchev–Trinajstić information content (AvgIpc) is 3.16. The van der Waals surface area contributed by atoms with Crippen LogP contribution in [0.5, 0.6) is 0 Å². The van der Waals surface area contributed by atoms with Crippen LogP contribution in [0.4, 0.5) is 5.82 Å². The summed E-state index contributed by atoms with van der Waals surface area (Å²) in [5.74, 6) is 1.37. The summed E-state index contributed by atoms with van der Waals surface area (Å²) in [5.41, 5.74) is 3.63. The SMILES string of the molecule is Cc1nc([C@@H](Cc2c[nH]c3ccccc23)NC(=O)c2ccccc2)cc(N(C)C)n1. The summed E-state index contributed by atoms with van der Waals surface area (Å²) in [5, 5.41) is 4.33. The zero-order chi connectivity index (χ0) is 21.1. The summed E-state index contributed by atoms with van der Waals surface area (Å²) in [6.07, 6.45) is 2.62. The molecule has 4 aromatic rings. The third kappa shape index (κ3) is 4.17. The van der Waals surface area contributed by atoms with Crippen LogP contribution >= 0.6 is 0 Å². The summed E-state index contributed by atoms with van der Waals surface area (Å²) in [6, 6.07) is 19.1. The van der Waals surface area contributed by atoms with Gasteiger partial charge in [0.25, 0.3) is 5.91 Å². The fourth-order valence-electron chi connectivity index (χ4n) is 3.56. The van der Waals surface area contributed by atoms with Gasteiger partial charge >= 0.3 is 0 Å². The van der Waals surface area contributed by atoms with Crippen LogP contribution < -0.4 is 10.2 Å². The summed E-state index contributed by atoms with van der Waals surface area (Å²) in [4.78, 5) is 27.4. The van der Waals surface area contributed by atoms with E-state index in [1.54, 1.807) is 0 Å². The van der Waals surface area contributed by atoms with Crippen LogP contribution in [0.1, 0.15) is 33.5 Å². The predicted molar refractivity (Wildman–Crippen MR) is 120 cm³/mol. The number of hydrogen-bond acceptors (Lipinski definition) is 4. The van der Waals surface area contributed by atoms with Crippen molar-refractivity contribution in [3.63, 3.8) is 0 Å². The first-order valence-corrected chi connectivity index (χ1v) is 9.95. The molecule has 2 N–H and O–H groups in total. The van der Waals surface area contributed by atoms with Gasteiger partial charge in [-0.25, -0.2) is 9.97 Å². The Morgan fingerprint density at radius 3 is 2.57 bits per heavy atom. The molecular formula is C24H25N5O. The molecule has 0 radical (unpaired) electrons. The Labute approximate surface area is 176 Å². The van der Waals surface area contributed by atoms with Crippen molar-refractivity contribution in [3.05, 3.63) is 89.5 Å². The number of nitrogens with zero attached hydrogens (tertiary/aromatic N) is 3. The number of aryl methyl sites for hydroxylation is 1. The topological polar surface area (TPSA) is 73.9 Å². The average molecular weight is 399 g/mol. The van der Waals surface area contributed by atoms with Crippen molar-refractivity contribution >= 4 is 22.6 Å². The van der Waals surface area contributed by atoms with Crippen LogP contribution in [0, 0.1) is 6.92 Å². The first-order chi connectivity index (χ1) is 14.5. The number of rotatable bonds is 6. The van der Waals surface area contributed by atoms with E-state index < -0.39 is 0 Å². The van der Waals surface area contributed by atoms with Crippen LogP contribution in [0.2, 0.25) is 0 Å². The minimum Gasteiger partial charge on any atom is -0.363 e. The van der Waals surface area contributed by atoms with E-state index >= 15 is 0 Å². The predicted octanol–water partition coefficient (Wildman–Crippen LogP) is 4.05. The Balaban J connectivity index is 1.72. The Morgan fingerprint density at radius 1 is 1.07 bits per heavy atom. The lowest BCUT2D eigenvalue weighted by Crippen LogP contribution is -2.31. The van der Waals surface area contributed by atoms with Gasteiger partial charge in [-0.05, 0) is 30.7 Å². The zero-order valence-electron chi connectivity index (χ0n) is 17.4. The monoisotopic (exact) mass is 399 g/mol. The highest BCUT2D eigenvalue weighted by Crippen LogP contribution is 2.25. The second kappa shape index (κ2) is 8.37. The van der Waals surface area contributed by atoms with E-state index in [1.807, 2.05) is 80.6 Å². The maximum atomic E-state index is 13.0. The molecule has 0 aliphatic heterocycles. The van der Waals surface area contributed by atoms with Crippen molar-refractivity contribution in [2.24, 2.45) is 0 Å². The van der Waals surface area contributed by atoms with Gasteiger partial charge in [-0.2, -0.15) is 0 Å². The molecule has 0 aliphatic rings. The second-order valence-corrected chi connectivity index (χ2v) is 7.55. The molecule has 2 aromatic heterocycles. The number of anilines is 1. The summed E-state index contributed by atoms with van der Waals surface area (Å²) in [7, 11) is 3.89. The minimum atomic E-state index is -0.294. The molecule has 0 bridgehead atoms. The van der Waals surface area contributed by atoms with E-state index in [1.165, 1.54) is 0 Å². The van der Waals surface area contributed by atoms with Crippen molar-refractivity contribution in [1.29, 1.82) is 0 Å². The van der Waals surface area contributed by atoms with Gasteiger partial charge in [0.2, 0.25) is 0 Å². The van der Waals surface area contributed by atoms with Gasteiger partial charge in [0.15, 0.2) is 0 Å². The Kier molecular flexibility index (Phi) is 5.48. The molecular weight excluding hydrogens is 374 g/mol. The van der Waals surface area contributed by atoms with Crippen LogP contribution in [-0.2, 0) is 6.42 Å². The van der Waals surface area contributed by atoms with Crippen LogP contribution in [0.25, 0.3) is 10.9 Å². The number of carbonyl (C=O) groups is 1. The van der Waals surface area contributed by atoms with Crippen LogP contribution in [0.3, 0.4) is 0 Å². The number of nitrogens with one attached hydrogen (secondary N) is 2. The van der Waals surface area contributed by atoms with Crippen molar-refractivity contribution in [2.45, 2.75) is 19.4 Å². The summed E-state index contributed by atoms with van der Waals surface area (Å²) < 4.78 is 0. The van der Waals surface area contributed by atoms with Crippen molar-refractivity contribution in [2.75, 3.05) is 19.0 Å². The standard InChI is InChI=1S/C24H25N5O/c1-16-26-22(14-23(27-16)29(2)3)21(28-24(30)17-9-5-4-6-10-17)13-18-15-25-20-12-8-7-11-19(18)20/h4-12,14-15,21,25H,13H2,1-3H3,(H,28,30)/t21-/m1/s1. The maximum absolute atomic E-state index is 13.0. The van der Waals surface area contributed by atoms with Gasteiger partial charge in [-0.1, -0.05) is 36.4 Å². The van der Waals surface area contributed by atoms with E-state index in [4.69, 9.17) is 0 Å². The highest BCUT2D eigenvalue weighted by atomic mass is 16.1. The maximum Gasteiger partial charge on any atom is 0.251 e. The fourth-order valence-corrected chi connectivity index (χ4v) is 3.56. The van der Waals surface area contributed by atoms with Crippen LogP contribution in [0.15, 0.2) is 66.9 Å². The summed E-state index contributed by atoms with van der Waals surface area (Å²) >= 11 is 0. The van der Waals surface area contributed by atoms with Crippen molar-refractivity contribution in [3.8, 4) is 0 Å².